The molecule has 34 heavy (non-hydrogen) atoms. The number of aryl methyl sites for hydroxylation is 1. The molecule has 0 aliphatic carbocycles. The Morgan fingerprint density at radius 3 is 2.65 bits per heavy atom. The van der Waals surface area contributed by atoms with E-state index in [0.717, 1.165) is 11.5 Å². The van der Waals surface area contributed by atoms with E-state index >= 15 is 0 Å². The van der Waals surface area contributed by atoms with E-state index in [1.807, 2.05) is 6.07 Å². The van der Waals surface area contributed by atoms with Crippen molar-refractivity contribution in [1.82, 2.24) is 5.32 Å². The normalized spacial score (nSPS) is 15.4. The van der Waals surface area contributed by atoms with Crippen LogP contribution in [0.2, 0.25) is 5.02 Å². The summed E-state index contributed by atoms with van der Waals surface area (Å²) in [7, 11) is -3.91. The van der Waals surface area contributed by atoms with Crippen LogP contribution in [0, 0.1) is 6.92 Å². The van der Waals surface area contributed by atoms with E-state index in [1.165, 1.54) is 39.7 Å². The van der Waals surface area contributed by atoms with Gasteiger partial charge in [-0.25, -0.2) is 8.42 Å². The lowest BCUT2D eigenvalue weighted by atomic mass is 10.2. The van der Waals surface area contributed by atoms with Crippen LogP contribution < -0.4 is 14.4 Å². The van der Waals surface area contributed by atoms with Gasteiger partial charge in [-0.3, -0.25) is 9.10 Å². The Bertz CT molecular complexity index is 1270. The Labute approximate surface area is 209 Å². The maximum atomic E-state index is 13.4. The number of hydrogen-bond donors (Lipinski definition) is 1. The standard InChI is InChI=1S/C25H25ClN2O4S2/c1-18-5-4-6-19(15-18)17-33-14-13-27-25(29)24-16-28(22-7-2-3-8-23(22)32-24)34(30,31)21-11-9-20(26)10-12-21/h2-12,15,24H,13-14,16-17H2,1H3,(H,27,29). The van der Waals surface area contributed by atoms with E-state index in [9.17, 15) is 13.2 Å². The molecule has 1 unspecified atom stereocenters. The third kappa shape index (κ3) is 5.68. The van der Waals surface area contributed by atoms with E-state index in [0.29, 0.717) is 23.0 Å². The number of hydrogen-bond acceptors (Lipinski definition) is 5. The van der Waals surface area contributed by atoms with Gasteiger partial charge in [0.15, 0.2) is 6.10 Å². The lowest BCUT2D eigenvalue weighted by molar-refractivity contribution is -0.127. The highest BCUT2D eigenvalue weighted by atomic mass is 35.5. The molecule has 1 atom stereocenters. The van der Waals surface area contributed by atoms with E-state index in [2.05, 4.69) is 30.4 Å². The van der Waals surface area contributed by atoms with Crippen molar-refractivity contribution in [1.29, 1.82) is 0 Å². The van der Waals surface area contributed by atoms with Gasteiger partial charge < -0.3 is 10.1 Å². The summed E-state index contributed by atoms with van der Waals surface area (Å²) in [5.74, 6) is 1.59. The van der Waals surface area contributed by atoms with Crippen molar-refractivity contribution >= 4 is 45.0 Å². The van der Waals surface area contributed by atoms with Gasteiger partial charge in [0.2, 0.25) is 0 Å². The molecular formula is C25H25ClN2O4S2. The Morgan fingerprint density at radius 1 is 1.12 bits per heavy atom. The van der Waals surface area contributed by atoms with Gasteiger partial charge >= 0.3 is 0 Å². The lowest BCUT2D eigenvalue weighted by Gasteiger charge is -2.34. The maximum absolute atomic E-state index is 13.4. The first-order chi connectivity index (χ1) is 16.3. The van der Waals surface area contributed by atoms with Gasteiger partial charge in [0.1, 0.15) is 5.75 Å². The fourth-order valence-electron chi connectivity index (χ4n) is 3.65. The van der Waals surface area contributed by atoms with Crippen LogP contribution in [-0.2, 0) is 20.6 Å². The predicted molar refractivity (Wildman–Crippen MR) is 137 cm³/mol. The average molecular weight is 517 g/mol. The number of halogens is 1. The molecule has 1 amide bonds. The number of rotatable bonds is 8. The number of anilines is 1. The van der Waals surface area contributed by atoms with Crippen molar-refractivity contribution < 1.29 is 17.9 Å². The summed E-state index contributed by atoms with van der Waals surface area (Å²) < 4.78 is 33.9. The van der Waals surface area contributed by atoms with Crippen molar-refractivity contribution in [2.45, 2.75) is 23.7 Å². The molecule has 1 aliphatic rings. The number of carbonyl (C=O) groups excluding carboxylic acids is 1. The zero-order valence-electron chi connectivity index (χ0n) is 18.6. The molecule has 3 aromatic rings. The van der Waals surface area contributed by atoms with Crippen LogP contribution in [0.5, 0.6) is 5.75 Å². The zero-order chi connectivity index (χ0) is 24.1. The Kier molecular flexibility index (Phi) is 7.70. The number of fused-ring (bicyclic) bond motifs is 1. The third-order valence-electron chi connectivity index (χ3n) is 5.33. The number of para-hydroxylation sites is 2. The summed E-state index contributed by atoms with van der Waals surface area (Å²) in [6.07, 6.45) is -0.959. The minimum absolute atomic E-state index is 0.0975. The molecule has 6 nitrogen and oxygen atoms in total. The molecular weight excluding hydrogens is 492 g/mol. The molecule has 0 bridgehead atoms. The second-order valence-corrected chi connectivity index (χ2v) is 11.3. The molecule has 0 saturated heterocycles. The second kappa shape index (κ2) is 10.7. The molecule has 0 saturated carbocycles. The molecule has 0 aromatic heterocycles. The van der Waals surface area contributed by atoms with Crippen LogP contribution >= 0.6 is 23.4 Å². The van der Waals surface area contributed by atoms with Crippen LogP contribution in [0.3, 0.4) is 0 Å². The van der Waals surface area contributed by atoms with Crippen molar-refractivity contribution in [3.05, 3.63) is 88.9 Å². The molecule has 1 heterocycles. The summed E-state index contributed by atoms with van der Waals surface area (Å²) in [5, 5.41) is 3.32. The monoisotopic (exact) mass is 516 g/mol. The zero-order valence-corrected chi connectivity index (χ0v) is 21.0. The quantitative estimate of drug-likeness (QED) is 0.441. The molecule has 1 N–H and O–H groups in total. The minimum atomic E-state index is -3.91. The fourth-order valence-corrected chi connectivity index (χ4v) is 6.06. The number of sulfonamides is 1. The summed E-state index contributed by atoms with van der Waals surface area (Å²) in [6.45, 7) is 2.40. The topological polar surface area (TPSA) is 75.7 Å². The molecule has 0 fully saturated rings. The van der Waals surface area contributed by atoms with Gasteiger partial charge in [0.05, 0.1) is 17.1 Å². The number of nitrogens with one attached hydrogen (secondary N) is 1. The van der Waals surface area contributed by atoms with Crippen molar-refractivity contribution in [2.24, 2.45) is 0 Å². The largest absolute Gasteiger partial charge is 0.476 e. The summed E-state index contributed by atoms with van der Waals surface area (Å²) in [5.41, 5.74) is 2.86. The molecule has 0 radical (unpaired) electrons. The van der Waals surface area contributed by atoms with Crippen LogP contribution in [0.25, 0.3) is 0 Å². The second-order valence-electron chi connectivity index (χ2n) is 7.90. The van der Waals surface area contributed by atoms with Crippen LogP contribution in [0.15, 0.2) is 77.7 Å². The number of nitrogens with zero attached hydrogens (tertiary/aromatic N) is 1. The SMILES string of the molecule is Cc1cccc(CSCCNC(=O)C2CN(S(=O)(=O)c3ccc(Cl)cc3)c3ccccc3O2)c1. The Balaban J connectivity index is 1.41. The predicted octanol–water partition coefficient (Wildman–Crippen LogP) is 4.65. The Hall–Kier alpha value is -2.68. The first-order valence-electron chi connectivity index (χ1n) is 10.8. The average Bonchev–Trinajstić information content (AvgIpc) is 2.83. The van der Waals surface area contributed by atoms with Crippen LogP contribution in [0.1, 0.15) is 11.1 Å². The molecule has 4 rings (SSSR count). The van der Waals surface area contributed by atoms with Gasteiger partial charge in [-0.1, -0.05) is 53.6 Å². The molecule has 3 aromatic carbocycles. The highest BCUT2D eigenvalue weighted by molar-refractivity contribution is 7.98. The summed E-state index contributed by atoms with van der Waals surface area (Å²) in [4.78, 5) is 13.0. The van der Waals surface area contributed by atoms with Gasteiger partial charge in [0, 0.05) is 23.1 Å². The fraction of sp³-hybridized carbons (Fsp3) is 0.240. The first kappa shape index (κ1) is 24.4. The number of thioether (sulfide) groups is 1. The summed E-state index contributed by atoms with van der Waals surface area (Å²) in [6, 6.07) is 21.1. The number of ether oxygens (including phenoxy) is 1. The van der Waals surface area contributed by atoms with Crippen molar-refractivity contribution in [3.63, 3.8) is 0 Å². The van der Waals surface area contributed by atoms with E-state index < -0.39 is 16.1 Å². The van der Waals surface area contributed by atoms with Gasteiger partial charge in [-0.15, -0.1) is 0 Å². The first-order valence-corrected chi connectivity index (χ1v) is 13.8. The van der Waals surface area contributed by atoms with E-state index in [1.54, 1.807) is 36.0 Å². The van der Waals surface area contributed by atoms with Gasteiger partial charge in [0.25, 0.3) is 15.9 Å². The molecule has 178 valence electrons. The molecule has 0 spiro atoms. The molecule has 9 heteroatoms. The number of carbonyl (C=O) groups is 1. The van der Waals surface area contributed by atoms with Gasteiger partial charge in [-0.05, 0) is 48.9 Å². The third-order valence-corrected chi connectivity index (χ3v) is 8.40. The minimum Gasteiger partial charge on any atom is -0.476 e. The summed E-state index contributed by atoms with van der Waals surface area (Å²) >= 11 is 7.65. The molecule has 1 aliphatic heterocycles. The van der Waals surface area contributed by atoms with Crippen molar-refractivity contribution in [2.75, 3.05) is 23.1 Å². The lowest BCUT2D eigenvalue weighted by Crippen LogP contribution is -2.51. The number of amides is 1. The number of benzene rings is 3. The maximum Gasteiger partial charge on any atom is 0.264 e. The Morgan fingerprint density at radius 2 is 1.88 bits per heavy atom. The smallest absolute Gasteiger partial charge is 0.264 e. The van der Waals surface area contributed by atoms with E-state index in [-0.39, 0.29) is 17.3 Å². The highest BCUT2D eigenvalue weighted by Crippen LogP contribution is 2.37. The van der Waals surface area contributed by atoms with Crippen molar-refractivity contribution in [3.8, 4) is 5.75 Å². The van der Waals surface area contributed by atoms with E-state index in [4.69, 9.17) is 16.3 Å². The van der Waals surface area contributed by atoms with Gasteiger partial charge in [-0.2, -0.15) is 11.8 Å². The van der Waals surface area contributed by atoms with Crippen LogP contribution in [-0.4, -0.2) is 39.3 Å². The van der Waals surface area contributed by atoms with Crippen LogP contribution in [0.4, 0.5) is 5.69 Å². The highest BCUT2D eigenvalue weighted by Gasteiger charge is 2.37.